The zero-order chi connectivity index (χ0) is 15.5. The van der Waals surface area contributed by atoms with E-state index in [-0.39, 0.29) is 31.1 Å². The zero-order valence-electron chi connectivity index (χ0n) is 12.4. The Morgan fingerprint density at radius 1 is 1.23 bits per heavy atom. The van der Waals surface area contributed by atoms with Gasteiger partial charge in [0.05, 0.1) is 6.54 Å². The van der Waals surface area contributed by atoms with Crippen molar-refractivity contribution >= 4 is 11.9 Å². The summed E-state index contributed by atoms with van der Waals surface area (Å²) in [7, 11) is 0. The van der Waals surface area contributed by atoms with Crippen LogP contribution in [0.15, 0.2) is 30.3 Å². The first-order chi connectivity index (χ1) is 10.7. The SMILES string of the molecule is O=C1[C@H]2CCCCN2C(=O)N1C[C@H](O)COc1ccccc1. The number of para-hydroxylation sites is 1. The van der Waals surface area contributed by atoms with E-state index in [1.165, 1.54) is 0 Å². The molecule has 0 saturated carbocycles. The number of benzene rings is 1. The molecule has 0 aliphatic carbocycles. The number of urea groups is 1. The van der Waals surface area contributed by atoms with E-state index >= 15 is 0 Å². The quantitative estimate of drug-likeness (QED) is 0.831. The Bertz CT molecular complexity index is 524. The molecule has 0 unspecified atom stereocenters. The van der Waals surface area contributed by atoms with Crippen molar-refractivity contribution in [1.29, 1.82) is 0 Å². The number of imide groups is 1. The molecule has 22 heavy (non-hydrogen) atoms. The first kappa shape index (κ1) is 14.8. The molecule has 0 bridgehead atoms. The third kappa shape index (κ3) is 2.92. The summed E-state index contributed by atoms with van der Waals surface area (Å²) in [6, 6.07) is 8.52. The fourth-order valence-electron chi connectivity index (χ4n) is 2.99. The van der Waals surface area contributed by atoms with Gasteiger partial charge in [0.1, 0.15) is 24.5 Å². The highest BCUT2D eigenvalue weighted by Gasteiger charge is 2.46. The largest absolute Gasteiger partial charge is 0.491 e. The van der Waals surface area contributed by atoms with E-state index in [9.17, 15) is 14.7 Å². The van der Waals surface area contributed by atoms with Crippen LogP contribution >= 0.6 is 0 Å². The van der Waals surface area contributed by atoms with Gasteiger partial charge in [-0.25, -0.2) is 4.79 Å². The third-order valence-corrected chi connectivity index (χ3v) is 4.11. The Balaban J connectivity index is 1.56. The molecule has 2 heterocycles. The lowest BCUT2D eigenvalue weighted by Crippen LogP contribution is -2.40. The van der Waals surface area contributed by atoms with Crippen molar-refractivity contribution in [2.45, 2.75) is 31.4 Å². The average Bonchev–Trinajstić information content (AvgIpc) is 2.79. The molecule has 6 nitrogen and oxygen atoms in total. The van der Waals surface area contributed by atoms with E-state index in [0.29, 0.717) is 12.3 Å². The number of fused-ring (bicyclic) bond motifs is 1. The molecule has 1 aromatic carbocycles. The van der Waals surface area contributed by atoms with Crippen LogP contribution in [0.1, 0.15) is 19.3 Å². The number of aliphatic hydroxyl groups is 1. The molecule has 2 saturated heterocycles. The summed E-state index contributed by atoms with van der Waals surface area (Å²) in [6.45, 7) is 0.658. The van der Waals surface area contributed by atoms with Gasteiger partial charge in [0.15, 0.2) is 0 Å². The minimum Gasteiger partial charge on any atom is -0.491 e. The summed E-state index contributed by atoms with van der Waals surface area (Å²) in [5, 5.41) is 10.1. The average molecular weight is 304 g/mol. The number of ether oxygens (including phenoxy) is 1. The summed E-state index contributed by atoms with van der Waals surface area (Å²) < 4.78 is 5.45. The fraction of sp³-hybridized carbons (Fsp3) is 0.500. The number of carbonyl (C=O) groups excluding carboxylic acids is 2. The molecule has 2 aliphatic heterocycles. The highest BCUT2D eigenvalue weighted by Crippen LogP contribution is 2.26. The summed E-state index contributed by atoms with van der Waals surface area (Å²) >= 11 is 0. The van der Waals surface area contributed by atoms with Crippen molar-refractivity contribution in [2.24, 2.45) is 0 Å². The Kier molecular flexibility index (Phi) is 4.29. The van der Waals surface area contributed by atoms with E-state index in [1.807, 2.05) is 18.2 Å². The molecule has 3 amide bonds. The second-order valence-electron chi connectivity index (χ2n) is 5.71. The highest BCUT2D eigenvalue weighted by molar-refractivity contribution is 6.04. The predicted octanol–water partition coefficient (Wildman–Crippen LogP) is 1.24. The number of amides is 3. The van der Waals surface area contributed by atoms with Gasteiger partial charge in [-0.3, -0.25) is 9.69 Å². The van der Waals surface area contributed by atoms with Crippen LogP contribution in [0.5, 0.6) is 5.75 Å². The molecule has 2 aliphatic rings. The normalized spacial score (nSPS) is 22.7. The van der Waals surface area contributed by atoms with Crippen molar-refractivity contribution in [3.63, 3.8) is 0 Å². The van der Waals surface area contributed by atoms with Crippen molar-refractivity contribution < 1.29 is 19.4 Å². The number of rotatable bonds is 5. The Hall–Kier alpha value is -2.08. The smallest absolute Gasteiger partial charge is 0.327 e. The molecule has 2 atom stereocenters. The van der Waals surface area contributed by atoms with Gasteiger partial charge in [0.25, 0.3) is 5.91 Å². The standard InChI is InChI=1S/C16H20N2O4/c19-12(11-22-13-6-2-1-3-7-13)10-18-15(20)14-8-4-5-9-17(14)16(18)21/h1-3,6-7,12,14,19H,4-5,8-11H2/t12-,14+/m0/s1. The van der Waals surface area contributed by atoms with Crippen molar-refractivity contribution in [1.82, 2.24) is 9.80 Å². The van der Waals surface area contributed by atoms with Gasteiger partial charge < -0.3 is 14.7 Å². The number of piperidine rings is 1. The van der Waals surface area contributed by atoms with Gasteiger partial charge >= 0.3 is 6.03 Å². The molecule has 3 rings (SSSR count). The van der Waals surface area contributed by atoms with Crippen LogP contribution in [0.3, 0.4) is 0 Å². The second kappa shape index (κ2) is 6.36. The van der Waals surface area contributed by atoms with Crippen LogP contribution in [0, 0.1) is 0 Å². The Morgan fingerprint density at radius 3 is 2.73 bits per heavy atom. The second-order valence-corrected chi connectivity index (χ2v) is 5.71. The number of β-amino-alcohol motifs (C(OH)–C–C–N with tert-alkyl or cyclic N) is 1. The van der Waals surface area contributed by atoms with Crippen LogP contribution in [0.25, 0.3) is 0 Å². The van der Waals surface area contributed by atoms with Crippen molar-refractivity contribution in [3.05, 3.63) is 30.3 Å². The number of aliphatic hydroxyl groups excluding tert-OH is 1. The number of hydrogen-bond acceptors (Lipinski definition) is 4. The van der Waals surface area contributed by atoms with Crippen LogP contribution < -0.4 is 4.74 Å². The maximum atomic E-state index is 12.3. The topological polar surface area (TPSA) is 70.1 Å². The number of nitrogens with zero attached hydrogens (tertiary/aromatic N) is 2. The van der Waals surface area contributed by atoms with E-state index < -0.39 is 6.10 Å². The minimum absolute atomic E-state index is 0.0164. The van der Waals surface area contributed by atoms with Gasteiger partial charge in [-0.05, 0) is 31.4 Å². The minimum atomic E-state index is -0.894. The van der Waals surface area contributed by atoms with Gasteiger partial charge in [0, 0.05) is 6.54 Å². The maximum absolute atomic E-state index is 12.3. The fourth-order valence-corrected chi connectivity index (χ4v) is 2.99. The molecule has 1 N–H and O–H groups in total. The molecule has 1 aromatic rings. The molecule has 0 spiro atoms. The van der Waals surface area contributed by atoms with Crippen LogP contribution in [-0.4, -0.2) is 58.7 Å². The van der Waals surface area contributed by atoms with Gasteiger partial charge in [-0.15, -0.1) is 0 Å². The van der Waals surface area contributed by atoms with Crippen LogP contribution in [-0.2, 0) is 4.79 Å². The molecule has 0 aromatic heterocycles. The first-order valence-corrected chi connectivity index (χ1v) is 7.64. The van der Waals surface area contributed by atoms with E-state index in [2.05, 4.69) is 0 Å². The zero-order valence-corrected chi connectivity index (χ0v) is 12.4. The molecule has 2 fully saturated rings. The highest BCUT2D eigenvalue weighted by atomic mass is 16.5. The lowest BCUT2D eigenvalue weighted by atomic mass is 10.0. The Labute approximate surface area is 129 Å². The van der Waals surface area contributed by atoms with Crippen LogP contribution in [0.2, 0.25) is 0 Å². The van der Waals surface area contributed by atoms with E-state index in [1.54, 1.807) is 17.0 Å². The van der Waals surface area contributed by atoms with E-state index in [4.69, 9.17) is 4.74 Å². The molecular weight excluding hydrogens is 284 g/mol. The van der Waals surface area contributed by atoms with Crippen LogP contribution in [0.4, 0.5) is 4.79 Å². The maximum Gasteiger partial charge on any atom is 0.327 e. The summed E-state index contributed by atoms with van der Waals surface area (Å²) in [5.41, 5.74) is 0. The summed E-state index contributed by atoms with van der Waals surface area (Å²) in [5.74, 6) is 0.460. The number of carbonyl (C=O) groups is 2. The number of hydrogen-bond donors (Lipinski definition) is 1. The monoisotopic (exact) mass is 304 g/mol. The predicted molar refractivity (Wildman–Crippen MR) is 79.4 cm³/mol. The van der Waals surface area contributed by atoms with Gasteiger partial charge in [-0.1, -0.05) is 18.2 Å². The first-order valence-electron chi connectivity index (χ1n) is 7.64. The molecule has 118 valence electrons. The lowest BCUT2D eigenvalue weighted by Gasteiger charge is -2.26. The van der Waals surface area contributed by atoms with E-state index in [0.717, 1.165) is 24.2 Å². The lowest BCUT2D eigenvalue weighted by molar-refractivity contribution is -0.129. The van der Waals surface area contributed by atoms with Crippen molar-refractivity contribution in [3.8, 4) is 5.75 Å². The molecule has 0 radical (unpaired) electrons. The summed E-state index contributed by atoms with van der Waals surface area (Å²) in [6.07, 6.45) is 1.73. The molecule has 6 heteroatoms. The summed E-state index contributed by atoms with van der Waals surface area (Å²) in [4.78, 5) is 27.3. The van der Waals surface area contributed by atoms with Crippen molar-refractivity contribution in [2.75, 3.05) is 19.7 Å². The Morgan fingerprint density at radius 2 is 2.00 bits per heavy atom. The van der Waals surface area contributed by atoms with Gasteiger partial charge in [0.2, 0.25) is 0 Å². The van der Waals surface area contributed by atoms with Gasteiger partial charge in [-0.2, -0.15) is 0 Å². The molecular formula is C16H20N2O4. The third-order valence-electron chi connectivity index (χ3n) is 4.11.